The Kier molecular flexibility index (Phi) is 5.35. The first kappa shape index (κ1) is 15.2. The van der Waals surface area contributed by atoms with Gasteiger partial charge in [-0.25, -0.2) is 8.42 Å². The summed E-state index contributed by atoms with van der Waals surface area (Å²) < 4.78 is 23.4. The van der Waals surface area contributed by atoms with E-state index >= 15 is 0 Å². The van der Waals surface area contributed by atoms with Crippen molar-refractivity contribution in [2.45, 2.75) is 38.0 Å². The Morgan fingerprint density at radius 1 is 1.17 bits per heavy atom. The van der Waals surface area contributed by atoms with Gasteiger partial charge in [-0.3, -0.25) is 0 Å². The fraction of sp³-hybridized carbons (Fsp3) is 0.571. The molecule has 1 aromatic carbocycles. The Labute approximate surface area is 110 Å². The fourth-order valence-corrected chi connectivity index (χ4v) is 3.04. The van der Waals surface area contributed by atoms with Crippen LogP contribution in [0.2, 0.25) is 0 Å². The van der Waals surface area contributed by atoms with Crippen molar-refractivity contribution >= 4 is 9.84 Å². The van der Waals surface area contributed by atoms with Crippen molar-refractivity contribution in [3.05, 3.63) is 29.8 Å². The summed E-state index contributed by atoms with van der Waals surface area (Å²) in [6.45, 7) is 6.64. The molecule has 1 rings (SSSR count). The number of rotatable bonds is 6. The van der Waals surface area contributed by atoms with Crippen LogP contribution in [0.1, 0.15) is 38.7 Å². The summed E-state index contributed by atoms with van der Waals surface area (Å²) in [6.07, 6.45) is 0.928. The first-order chi connectivity index (χ1) is 8.42. The normalized spacial score (nSPS) is 13.8. The third-order valence-electron chi connectivity index (χ3n) is 3.33. The molecule has 0 fully saturated rings. The van der Waals surface area contributed by atoms with E-state index in [2.05, 4.69) is 13.8 Å². The molecule has 0 aromatic heterocycles. The Morgan fingerprint density at radius 3 is 2.11 bits per heavy atom. The van der Waals surface area contributed by atoms with Crippen LogP contribution in [-0.2, 0) is 9.84 Å². The standard InChI is InChI=1S/C14H23NO2S/c1-4-18(16,17)13-7-5-12(6-8-13)14(9-10-15)11(2)3/h5-8,11,14H,4,9-10,15H2,1-3H3. The second-order valence-corrected chi connectivity index (χ2v) is 7.18. The van der Waals surface area contributed by atoms with Crippen molar-refractivity contribution in [1.82, 2.24) is 0 Å². The van der Waals surface area contributed by atoms with E-state index in [0.717, 1.165) is 6.42 Å². The van der Waals surface area contributed by atoms with Crippen molar-refractivity contribution in [3.63, 3.8) is 0 Å². The van der Waals surface area contributed by atoms with Crippen molar-refractivity contribution in [3.8, 4) is 0 Å². The molecule has 0 radical (unpaired) electrons. The molecule has 1 unspecified atom stereocenters. The highest BCUT2D eigenvalue weighted by Gasteiger charge is 2.16. The van der Waals surface area contributed by atoms with Crippen LogP contribution in [0.25, 0.3) is 0 Å². The average molecular weight is 269 g/mol. The lowest BCUT2D eigenvalue weighted by Crippen LogP contribution is -2.13. The second-order valence-electron chi connectivity index (χ2n) is 4.90. The largest absolute Gasteiger partial charge is 0.330 e. The van der Waals surface area contributed by atoms with Gasteiger partial charge in [-0.2, -0.15) is 0 Å². The Morgan fingerprint density at radius 2 is 1.72 bits per heavy atom. The lowest BCUT2D eigenvalue weighted by Gasteiger charge is -2.20. The summed E-state index contributed by atoms with van der Waals surface area (Å²) in [5.41, 5.74) is 6.80. The molecule has 1 aromatic rings. The maximum Gasteiger partial charge on any atom is 0.178 e. The highest BCUT2D eigenvalue weighted by Crippen LogP contribution is 2.28. The first-order valence-corrected chi connectivity index (χ1v) is 8.10. The zero-order chi connectivity index (χ0) is 13.8. The van der Waals surface area contributed by atoms with Crippen molar-refractivity contribution in [2.24, 2.45) is 11.7 Å². The van der Waals surface area contributed by atoms with E-state index in [1.165, 1.54) is 5.56 Å². The first-order valence-electron chi connectivity index (χ1n) is 6.45. The Hall–Kier alpha value is -0.870. The topological polar surface area (TPSA) is 60.2 Å². The van der Waals surface area contributed by atoms with Gasteiger partial charge in [-0.15, -0.1) is 0 Å². The molecule has 0 saturated heterocycles. The number of sulfone groups is 1. The second kappa shape index (κ2) is 6.34. The van der Waals surface area contributed by atoms with Crippen molar-refractivity contribution in [2.75, 3.05) is 12.3 Å². The summed E-state index contributed by atoms with van der Waals surface area (Å²) in [7, 11) is -3.10. The van der Waals surface area contributed by atoms with E-state index in [9.17, 15) is 8.42 Å². The maximum atomic E-state index is 11.7. The molecule has 1 atom stereocenters. The van der Waals surface area contributed by atoms with Gasteiger partial charge in [0.05, 0.1) is 10.6 Å². The Balaban J connectivity index is 3.01. The molecule has 0 aliphatic rings. The number of hydrogen-bond donors (Lipinski definition) is 1. The van der Waals surface area contributed by atoms with E-state index in [-0.39, 0.29) is 5.75 Å². The average Bonchev–Trinajstić information content (AvgIpc) is 2.36. The summed E-state index contributed by atoms with van der Waals surface area (Å²) in [4.78, 5) is 0.406. The quantitative estimate of drug-likeness (QED) is 0.863. The van der Waals surface area contributed by atoms with E-state index < -0.39 is 9.84 Å². The van der Waals surface area contributed by atoms with E-state index in [0.29, 0.717) is 23.3 Å². The van der Waals surface area contributed by atoms with Gasteiger partial charge >= 0.3 is 0 Å². The zero-order valence-corrected chi connectivity index (χ0v) is 12.2. The molecule has 3 nitrogen and oxygen atoms in total. The van der Waals surface area contributed by atoms with Crippen LogP contribution in [0.3, 0.4) is 0 Å². The van der Waals surface area contributed by atoms with Gasteiger partial charge in [-0.05, 0) is 42.5 Å². The molecule has 0 saturated carbocycles. The Bertz CT molecular complexity index is 463. The van der Waals surface area contributed by atoms with E-state index in [1.807, 2.05) is 12.1 Å². The third-order valence-corrected chi connectivity index (χ3v) is 5.08. The molecular formula is C14H23NO2S. The predicted octanol–water partition coefficient (Wildman–Crippen LogP) is 2.57. The summed E-state index contributed by atoms with van der Waals surface area (Å²) in [6, 6.07) is 7.26. The molecular weight excluding hydrogens is 246 g/mol. The molecule has 2 N–H and O–H groups in total. The predicted molar refractivity (Wildman–Crippen MR) is 75.4 cm³/mol. The van der Waals surface area contributed by atoms with Gasteiger partial charge in [0.25, 0.3) is 0 Å². The van der Waals surface area contributed by atoms with Crippen LogP contribution in [0, 0.1) is 5.92 Å². The monoisotopic (exact) mass is 269 g/mol. The minimum Gasteiger partial charge on any atom is -0.330 e. The summed E-state index contributed by atoms with van der Waals surface area (Å²) in [5, 5.41) is 0. The van der Waals surface area contributed by atoms with Gasteiger partial charge in [0, 0.05) is 0 Å². The van der Waals surface area contributed by atoms with Crippen LogP contribution < -0.4 is 5.73 Å². The molecule has 4 heteroatoms. The van der Waals surface area contributed by atoms with E-state index in [1.54, 1.807) is 19.1 Å². The van der Waals surface area contributed by atoms with Gasteiger partial charge in [0.15, 0.2) is 9.84 Å². The van der Waals surface area contributed by atoms with Gasteiger partial charge in [0.1, 0.15) is 0 Å². The van der Waals surface area contributed by atoms with Crippen LogP contribution in [0.5, 0.6) is 0 Å². The fourth-order valence-electron chi connectivity index (χ4n) is 2.15. The number of hydrogen-bond acceptors (Lipinski definition) is 3. The van der Waals surface area contributed by atoms with Crippen LogP contribution >= 0.6 is 0 Å². The minimum atomic E-state index is -3.10. The minimum absolute atomic E-state index is 0.142. The number of benzene rings is 1. The highest BCUT2D eigenvalue weighted by atomic mass is 32.2. The van der Waals surface area contributed by atoms with Gasteiger partial charge < -0.3 is 5.73 Å². The number of nitrogens with two attached hydrogens (primary N) is 1. The molecule has 18 heavy (non-hydrogen) atoms. The summed E-state index contributed by atoms with van der Waals surface area (Å²) >= 11 is 0. The molecule has 0 bridgehead atoms. The smallest absolute Gasteiger partial charge is 0.178 e. The molecule has 102 valence electrons. The lowest BCUT2D eigenvalue weighted by atomic mass is 9.86. The molecule has 0 heterocycles. The zero-order valence-electron chi connectivity index (χ0n) is 11.4. The molecule has 0 aliphatic carbocycles. The van der Waals surface area contributed by atoms with Crippen molar-refractivity contribution < 1.29 is 8.42 Å². The maximum absolute atomic E-state index is 11.7. The van der Waals surface area contributed by atoms with Crippen LogP contribution in [-0.4, -0.2) is 20.7 Å². The van der Waals surface area contributed by atoms with Gasteiger partial charge in [0.2, 0.25) is 0 Å². The molecule has 0 aliphatic heterocycles. The SMILES string of the molecule is CCS(=O)(=O)c1ccc(C(CCN)C(C)C)cc1. The third kappa shape index (κ3) is 3.56. The molecule has 0 spiro atoms. The highest BCUT2D eigenvalue weighted by molar-refractivity contribution is 7.91. The van der Waals surface area contributed by atoms with Crippen molar-refractivity contribution in [1.29, 1.82) is 0 Å². The molecule has 0 amide bonds. The van der Waals surface area contributed by atoms with Crippen LogP contribution in [0.4, 0.5) is 0 Å². The van der Waals surface area contributed by atoms with E-state index in [4.69, 9.17) is 5.73 Å². The lowest BCUT2D eigenvalue weighted by molar-refractivity contribution is 0.473. The van der Waals surface area contributed by atoms with Gasteiger partial charge in [-0.1, -0.05) is 32.9 Å². The summed E-state index contributed by atoms with van der Waals surface area (Å²) in [5.74, 6) is 1.04. The van der Waals surface area contributed by atoms with Crippen LogP contribution in [0.15, 0.2) is 29.2 Å².